The van der Waals surface area contributed by atoms with Crippen LogP contribution in [-0.2, 0) is 10.0 Å². The van der Waals surface area contributed by atoms with Gasteiger partial charge < -0.3 is 0 Å². The highest BCUT2D eigenvalue weighted by molar-refractivity contribution is 7.90. The molecule has 0 saturated carbocycles. The average Bonchev–Trinajstić information content (AvgIpc) is 2.50. The minimum absolute atomic E-state index is 0.259. The van der Waals surface area contributed by atoms with Gasteiger partial charge in [0.25, 0.3) is 10.0 Å². The van der Waals surface area contributed by atoms with E-state index in [9.17, 15) is 30.4 Å². The third-order valence-electron chi connectivity index (χ3n) is 2.57. The number of hydrogen-bond acceptors (Lipinski definition) is 2. The first-order valence-electron chi connectivity index (χ1n) is 5.62. The molecule has 0 aliphatic heterocycles. The Hall–Kier alpha value is -2.29. The summed E-state index contributed by atoms with van der Waals surface area (Å²) in [6.07, 6.45) is 0.730. The molecule has 0 aliphatic rings. The van der Waals surface area contributed by atoms with E-state index in [0.29, 0.717) is 0 Å². The van der Waals surface area contributed by atoms with Crippen LogP contribution < -0.4 is 0 Å². The molecule has 0 spiro atoms. The third-order valence-corrected chi connectivity index (χ3v) is 3.82. The monoisotopic (exact) mass is 335 g/mol. The van der Waals surface area contributed by atoms with Crippen LogP contribution >= 0.6 is 0 Å². The van der Waals surface area contributed by atoms with Crippen molar-refractivity contribution in [3.05, 3.63) is 65.0 Å². The Bertz CT molecular complexity index is 821. The molecule has 2 aromatic carbocycles. The summed E-state index contributed by atoms with van der Waals surface area (Å²) >= 11 is 0. The van der Waals surface area contributed by atoms with Gasteiger partial charge in [-0.15, -0.1) is 0 Å². The molecule has 116 valence electrons. The molecule has 0 heterocycles. The first-order valence-corrected chi connectivity index (χ1v) is 7.06. The Morgan fingerprint density at radius 2 is 1.23 bits per heavy atom. The van der Waals surface area contributed by atoms with Gasteiger partial charge in [-0.25, -0.2) is 22.0 Å². The second-order valence-electron chi connectivity index (χ2n) is 4.02. The molecule has 0 bridgehead atoms. The van der Waals surface area contributed by atoms with Crippen LogP contribution in [0.3, 0.4) is 0 Å². The van der Waals surface area contributed by atoms with E-state index < -0.39 is 44.0 Å². The minimum atomic E-state index is -5.11. The molecule has 0 unspecified atom stereocenters. The zero-order chi connectivity index (χ0) is 16.5. The summed E-state index contributed by atoms with van der Waals surface area (Å²) in [5, 5.41) is 0. The van der Waals surface area contributed by atoms with Crippen molar-refractivity contribution in [3.63, 3.8) is 0 Å². The van der Waals surface area contributed by atoms with Crippen molar-refractivity contribution < 1.29 is 30.4 Å². The van der Waals surface area contributed by atoms with Crippen LogP contribution in [-0.4, -0.2) is 14.6 Å². The summed E-state index contributed by atoms with van der Waals surface area (Å²) in [6, 6.07) is 7.55. The predicted molar refractivity (Wildman–Crippen MR) is 67.5 cm³/mol. The minimum Gasteiger partial charge on any atom is -0.202 e. The molecule has 2 rings (SSSR count). The zero-order valence-corrected chi connectivity index (χ0v) is 11.3. The summed E-state index contributed by atoms with van der Waals surface area (Å²) in [5.41, 5.74) is 0.259. The van der Waals surface area contributed by atoms with Gasteiger partial charge in [-0.3, -0.25) is 0 Å². The van der Waals surface area contributed by atoms with Crippen molar-refractivity contribution in [1.82, 2.24) is 0 Å². The Labute approximate surface area is 121 Å². The molecule has 0 N–H and O–H groups in total. The highest BCUT2D eigenvalue weighted by atomic mass is 32.2. The molecule has 0 atom stereocenters. The van der Waals surface area contributed by atoms with Gasteiger partial charge in [-0.1, -0.05) is 30.3 Å². The molecule has 3 nitrogen and oxygen atoms in total. The van der Waals surface area contributed by atoms with Gasteiger partial charge in [0.05, 0.1) is 0 Å². The van der Waals surface area contributed by atoms with E-state index in [0.717, 1.165) is 6.21 Å². The first kappa shape index (κ1) is 16.1. The van der Waals surface area contributed by atoms with Crippen molar-refractivity contribution in [2.75, 3.05) is 0 Å². The van der Waals surface area contributed by atoms with E-state index in [4.69, 9.17) is 0 Å². The topological polar surface area (TPSA) is 46.5 Å². The lowest BCUT2D eigenvalue weighted by atomic mass is 10.2. The van der Waals surface area contributed by atoms with Crippen LogP contribution in [0.2, 0.25) is 0 Å². The van der Waals surface area contributed by atoms with Crippen molar-refractivity contribution >= 4 is 16.2 Å². The highest BCUT2D eigenvalue weighted by Gasteiger charge is 2.33. The maximum atomic E-state index is 13.5. The van der Waals surface area contributed by atoms with Crippen LogP contribution in [0.15, 0.2) is 39.6 Å². The first-order chi connectivity index (χ1) is 10.3. The van der Waals surface area contributed by atoms with E-state index >= 15 is 0 Å². The van der Waals surface area contributed by atoms with Crippen LogP contribution in [0.1, 0.15) is 5.56 Å². The van der Waals surface area contributed by atoms with E-state index in [2.05, 4.69) is 4.40 Å². The number of nitrogens with zero attached hydrogens (tertiary/aromatic N) is 1. The molecule has 0 aliphatic carbocycles. The Morgan fingerprint density at radius 3 is 1.73 bits per heavy atom. The Kier molecular flexibility index (Phi) is 4.27. The summed E-state index contributed by atoms with van der Waals surface area (Å²) in [6.45, 7) is 0. The number of rotatable bonds is 3. The second-order valence-corrected chi connectivity index (χ2v) is 5.59. The van der Waals surface area contributed by atoms with Crippen molar-refractivity contribution in [1.29, 1.82) is 0 Å². The van der Waals surface area contributed by atoms with E-state index in [1.165, 1.54) is 24.3 Å². The third kappa shape index (κ3) is 2.84. The number of hydrogen-bond donors (Lipinski definition) is 0. The molecular weight excluding hydrogens is 329 g/mol. The lowest BCUT2D eigenvalue weighted by Crippen LogP contribution is -2.11. The second kappa shape index (κ2) is 5.84. The summed E-state index contributed by atoms with van der Waals surface area (Å²) < 4.78 is 92.2. The molecule has 0 radical (unpaired) electrons. The Balaban J connectivity index is 2.58. The summed E-state index contributed by atoms with van der Waals surface area (Å²) in [7, 11) is -5.11. The van der Waals surface area contributed by atoms with Gasteiger partial charge in [0.1, 0.15) is 0 Å². The van der Waals surface area contributed by atoms with Crippen LogP contribution in [0.25, 0.3) is 0 Å². The van der Waals surface area contributed by atoms with Crippen molar-refractivity contribution in [2.45, 2.75) is 4.90 Å². The van der Waals surface area contributed by atoms with Crippen LogP contribution in [0.5, 0.6) is 0 Å². The van der Waals surface area contributed by atoms with Gasteiger partial charge in [-0.05, 0) is 5.56 Å². The SMILES string of the molecule is O=S(=O)(/N=C/c1ccccc1)c1c(F)c(F)c(F)c(F)c1F. The Morgan fingerprint density at radius 1 is 0.773 bits per heavy atom. The smallest absolute Gasteiger partial charge is 0.202 e. The van der Waals surface area contributed by atoms with E-state index in [1.807, 2.05) is 0 Å². The molecule has 0 fully saturated rings. The average molecular weight is 335 g/mol. The molecule has 9 heteroatoms. The van der Waals surface area contributed by atoms with Gasteiger partial charge in [0, 0.05) is 6.21 Å². The predicted octanol–water partition coefficient (Wildman–Crippen LogP) is 3.19. The number of benzene rings is 2. The van der Waals surface area contributed by atoms with Gasteiger partial charge >= 0.3 is 0 Å². The highest BCUT2D eigenvalue weighted by Crippen LogP contribution is 2.27. The van der Waals surface area contributed by atoms with E-state index in [1.54, 1.807) is 6.07 Å². The van der Waals surface area contributed by atoms with Gasteiger partial charge in [0.15, 0.2) is 28.2 Å². The van der Waals surface area contributed by atoms with E-state index in [-0.39, 0.29) is 5.56 Å². The van der Waals surface area contributed by atoms with Crippen LogP contribution in [0.4, 0.5) is 22.0 Å². The van der Waals surface area contributed by atoms with Crippen LogP contribution in [0, 0.1) is 29.1 Å². The lowest BCUT2D eigenvalue weighted by molar-refractivity contribution is 0.358. The summed E-state index contributed by atoms with van der Waals surface area (Å²) in [5.74, 6) is -12.1. The molecule has 2 aromatic rings. The van der Waals surface area contributed by atoms with Crippen molar-refractivity contribution in [3.8, 4) is 0 Å². The number of sulfonamides is 1. The molecule has 0 amide bonds. The fraction of sp³-hybridized carbons (Fsp3) is 0. The largest absolute Gasteiger partial charge is 0.288 e. The molecule has 22 heavy (non-hydrogen) atoms. The maximum Gasteiger partial charge on any atom is 0.288 e. The maximum absolute atomic E-state index is 13.5. The van der Waals surface area contributed by atoms with Crippen molar-refractivity contribution in [2.24, 2.45) is 4.40 Å². The summed E-state index contributed by atoms with van der Waals surface area (Å²) in [4.78, 5) is -1.99. The molecular formula is C13H6F5NO2S. The zero-order valence-electron chi connectivity index (χ0n) is 10.5. The molecule has 0 saturated heterocycles. The normalized spacial score (nSPS) is 12.0. The van der Waals surface area contributed by atoms with Gasteiger partial charge in [0.2, 0.25) is 5.82 Å². The number of halogens is 5. The molecule has 0 aromatic heterocycles. The quantitative estimate of drug-likeness (QED) is 0.374. The fourth-order valence-electron chi connectivity index (χ4n) is 1.53. The standard InChI is InChI=1S/C13H6F5NO2S/c14-8-9(15)11(17)13(12(18)10(8)16)22(20,21)19-6-7-4-2-1-3-5-7/h1-6H/b19-6+. The van der Waals surface area contributed by atoms with Gasteiger partial charge in [-0.2, -0.15) is 12.8 Å². The lowest BCUT2D eigenvalue weighted by Gasteiger charge is -2.06. The fourth-order valence-corrected chi connectivity index (χ4v) is 2.53.